The number of rotatable bonds is 4. The summed E-state index contributed by atoms with van der Waals surface area (Å²) in [4.78, 5) is 6.28. The van der Waals surface area contributed by atoms with Crippen molar-refractivity contribution in [3.8, 4) is 0 Å². The van der Waals surface area contributed by atoms with Gasteiger partial charge in [0, 0.05) is 37.1 Å². The molecule has 96 valence electrons. The maximum Gasteiger partial charge on any atom is 0.0519 e. The Balaban J connectivity index is 1.87. The summed E-state index contributed by atoms with van der Waals surface area (Å²) in [5, 5.41) is 2.11. The summed E-state index contributed by atoms with van der Waals surface area (Å²) < 4.78 is 0. The summed E-state index contributed by atoms with van der Waals surface area (Å²) in [5.74, 6) is 0. The minimum atomic E-state index is 0.177. The third-order valence-corrected chi connectivity index (χ3v) is 4.70. The smallest absolute Gasteiger partial charge is 0.0519 e. The molecule has 1 aromatic heterocycles. The van der Waals surface area contributed by atoms with Gasteiger partial charge in [-0.1, -0.05) is 13.0 Å². The van der Waals surface area contributed by atoms with E-state index in [1.165, 1.54) is 11.3 Å². The molecule has 2 rings (SSSR count). The van der Waals surface area contributed by atoms with E-state index in [1.807, 2.05) is 0 Å². The van der Waals surface area contributed by atoms with E-state index in [0.29, 0.717) is 6.04 Å². The topological polar surface area (TPSA) is 32.5 Å². The maximum atomic E-state index is 6.25. The number of hydrogen-bond donors (Lipinski definition) is 1. The van der Waals surface area contributed by atoms with Crippen LogP contribution in [-0.4, -0.2) is 49.1 Å². The molecule has 3 nitrogen and oxygen atoms in total. The molecule has 0 spiro atoms. The summed E-state index contributed by atoms with van der Waals surface area (Å²) in [6.45, 7) is 6.72. The molecule has 0 amide bonds. The van der Waals surface area contributed by atoms with Crippen molar-refractivity contribution in [1.29, 1.82) is 0 Å². The molecule has 0 radical (unpaired) electrons. The summed E-state index contributed by atoms with van der Waals surface area (Å²) in [5.41, 5.74) is 6.25. The molecule has 17 heavy (non-hydrogen) atoms. The van der Waals surface area contributed by atoms with E-state index < -0.39 is 0 Å². The molecule has 0 bridgehead atoms. The van der Waals surface area contributed by atoms with Gasteiger partial charge in [-0.3, -0.25) is 4.90 Å². The zero-order chi connectivity index (χ0) is 12.3. The highest BCUT2D eigenvalue weighted by atomic mass is 32.1. The van der Waals surface area contributed by atoms with Gasteiger partial charge in [0.1, 0.15) is 0 Å². The lowest BCUT2D eigenvalue weighted by atomic mass is 10.1. The van der Waals surface area contributed by atoms with Crippen molar-refractivity contribution in [2.75, 3.05) is 33.2 Å². The monoisotopic (exact) mass is 253 g/mol. The fourth-order valence-corrected chi connectivity index (χ4v) is 3.21. The van der Waals surface area contributed by atoms with Crippen molar-refractivity contribution < 1.29 is 0 Å². The Hall–Kier alpha value is -0.420. The molecule has 1 aliphatic heterocycles. The van der Waals surface area contributed by atoms with Gasteiger partial charge in [-0.25, -0.2) is 0 Å². The molecular weight excluding hydrogens is 230 g/mol. The average Bonchev–Trinajstić information content (AvgIpc) is 2.85. The second-order valence-corrected chi connectivity index (χ2v) is 5.90. The first kappa shape index (κ1) is 13.0. The maximum absolute atomic E-state index is 6.25. The number of nitrogens with zero attached hydrogens (tertiary/aromatic N) is 2. The molecule has 0 saturated carbocycles. The quantitative estimate of drug-likeness (QED) is 0.888. The van der Waals surface area contributed by atoms with Gasteiger partial charge < -0.3 is 10.6 Å². The second-order valence-electron chi connectivity index (χ2n) is 4.92. The lowest BCUT2D eigenvalue weighted by Gasteiger charge is -2.39. The van der Waals surface area contributed by atoms with Crippen LogP contribution in [-0.2, 0) is 0 Å². The number of nitrogens with two attached hydrogens (primary N) is 1. The highest BCUT2D eigenvalue weighted by molar-refractivity contribution is 7.10. The summed E-state index contributed by atoms with van der Waals surface area (Å²) in [6, 6.07) is 5.09. The van der Waals surface area contributed by atoms with Crippen molar-refractivity contribution in [3.63, 3.8) is 0 Å². The summed E-state index contributed by atoms with van der Waals surface area (Å²) in [6.07, 6.45) is 1.22. The van der Waals surface area contributed by atoms with Gasteiger partial charge in [-0.2, -0.15) is 0 Å². The van der Waals surface area contributed by atoms with E-state index in [-0.39, 0.29) is 6.04 Å². The Morgan fingerprint density at radius 3 is 3.00 bits per heavy atom. The van der Waals surface area contributed by atoms with Crippen LogP contribution in [0.25, 0.3) is 0 Å². The van der Waals surface area contributed by atoms with Crippen molar-refractivity contribution in [1.82, 2.24) is 9.80 Å². The van der Waals surface area contributed by atoms with Gasteiger partial charge >= 0.3 is 0 Å². The van der Waals surface area contributed by atoms with E-state index in [9.17, 15) is 0 Å². The Morgan fingerprint density at radius 1 is 1.53 bits per heavy atom. The third-order valence-electron chi connectivity index (χ3n) is 3.70. The lowest BCUT2D eigenvalue weighted by molar-refractivity contribution is 0.0892. The Kier molecular flexibility index (Phi) is 4.56. The highest BCUT2D eigenvalue weighted by Crippen LogP contribution is 2.19. The Morgan fingerprint density at radius 2 is 2.35 bits per heavy atom. The van der Waals surface area contributed by atoms with Crippen LogP contribution in [0, 0.1) is 0 Å². The van der Waals surface area contributed by atoms with E-state index in [2.05, 4.69) is 41.3 Å². The molecule has 2 heterocycles. The minimum absolute atomic E-state index is 0.177. The molecule has 1 saturated heterocycles. The fourth-order valence-electron chi connectivity index (χ4n) is 2.49. The van der Waals surface area contributed by atoms with Crippen molar-refractivity contribution >= 4 is 11.3 Å². The molecule has 4 heteroatoms. The molecular formula is C13H23N3S. The van der Waals surface area contributed by atoms with Gasteiger partial charge in [-0.15, -0.1) is 11.3 Å². The van der Waals surface area contributed by atoms with Crippen LogP contribution in [0.2, 0.25) is 0 Å². The number of thiophene rings is 1. The molecule has 0 aromatic carbocycles. The predicted molar refractivity (Wildman–Crippen MR) is 74.4 cm³/mol. The van der Waals surface area contributed by atoms with Crippen molar-refractivity contribution in [3.05, 3.63) is 22.4 Å². The van der Waals surface area contributed by atoms with Gasteiger partial charge in [0.15, 0.2) is 0 Å². The lowest BCUT2D eigenvalue weighted by Crippen LogP contribution is -2.52. The first-order valence-electron chi connectivity index (χ1n) is 6.42. The highest BCUT2D eigenvalue weighted by Gasteiger charge is 2.24. The largest absolute Gasteiger partial charge is 0.322 e. The number of piperazine rings is 1. The first-order valence-corrected chi connectivity index (χ1v) is 7.30. The SMILES string of the molecule is CCC1CN(CC(N)c2cccs2)CCN1C. The molecule has 2 unspecified atom stereocenters. The van der Waals surface area contributed by atoms with Crippen LogP contribution in [0.3, 0.4) is 0 Å². The Bertz CT molecular complexity index is 325. The molecule has 1 aliphatic rings. The van der Waals surface area contributed by atoms with Crippen LogP contribution >= 0.6 is 11.3 Å². The normalized spacial score (nSPS) is 25.0. The second kappa shape index (κ2) is 5.96. The van der Waals surface area contributed by atoms with Gasteiger partial charge in [0.25, 0.3) is 0 Å². The van der Waals surface area contributed by atoms with Crippen LogP contribution in [0.5, 0.6) is 0 Å². The van der Waals surface area contributed by atoms with Crippen LogP contribution in [0.4, 0.5) is 0 Å². The standard InChI is InChI=1S/C13H23N3S/c1-3-11-9-16(7-6-15(11)2)10-12(14)13-5-4-8-17-13/h4-5,8,11-12H,3,6-7,9-10,14H2,1-2H3. The number of hydrogen-bond acceptors (Lipinski definition) is 4. The third kappa shape index (κ3) is 3.28. The molecule has 1 aromatic rings. The van der Waals surface area contributed by atoms with Gasteiger partial charge in [0.2, 0.25) is 0 Å². The molecule has 2 atom stereocenters. The first-order chi connectivity index (χ1) is 8.20. The minimum Gasteiger partial charge on any atom is -0.322 e. The van der Waals surface area contributed by atoms with E-state index in [1.54, 1.807) is 11.3 Å². The van der Waals surface area contributed by atoms with Crippen LogP contribution < -0.4 is 5.73 Å². The van der Waals surface area contributed by atoms with Crippen molar-refractivity contribution in [2.45, 2.75) is 25.4 Å². The summed E-state index contributed by atoms with van der Waals surface area (Å²) in [7, 11) is 2.23. The number of likely N-dealkylation sites (N-methyl/N-ethyl adjacent to an activating group) is 1. The van der Waals surface area contributed by atoms with E-state index in [4.69, 9.17) is 5.73 Å². The summed E-state index contributed by atoms with van der Waals surface area (Å²) >= 11 is 1.76. The molecule has 1 fully saturated rings. The van der Waals surface area contributed by atoms with Crippen molar-refractivity contribution in [2.24, 2.45) is 5.73 Å². The predicted octanol–water partition coefficient (Wildman–Crippen LogP) is 1.77. The van der Waals surface area contributed by atoms with E-state index >= 15 is 0 Å². The fraction of sp³-hybridized carbons (Fsp3) is 0.692. The van der Waals surface area contributed by atoms with E-state index in [0.717, 1.165) is 26.2 Å². The van der Waals surface area contributed by atoms with Gasteiger partial charge in [-0.05, 0) is 24.9 Å². The molecule has 2 N–H and O–H groups in total. The zero-order valence-electron chi connectivity index (χ0n) is 10.8. The molecule has 0 aliphatic carbocycles. The van der Waals surface area contributed by atoms with Gasteiger partial charge in [0.05, 0.1) is 6.04 Å². The Labute approximate surface area is 108 Å². The average molecular weight is 253 g/mol. The van der Waals surface area contributed by atoms with Crippen LogP contribution in [0.15, 0.2) is 17.5 Å². The zero-order valence-corrected chi connectivity index (χ0v) is 11.6. The van der Waals surface area contributed by atoms with Crippen LogP contribution in [0.1, 0.15) is 24.3 Å².